The molecule has 0 amide bonds. The molecule has 0 aliphatic rings. The van der Waals surface area contributed by atoms with Crippen molar-refractivity contribution in [1.82, 2.24) is 9.88 Å². The Morgan fingerprint density at radius 2 is 2.05 bits per heavy atom. The first-order valence-corrected chi connectivity index (χ1v) is 7.45. The molecule has 0 fully saturated rings. The predicted molar refractivity (Wildman–Crippen MR) is 88.1 cm³/mol. The molecule has 0 spiro atoms. The molecule has 0 saturated carbocycles. The molecule has 0 aliphatic heterocycles. The van der Waals surface area contributed by atoms with Gasteiger partial charge in [-0.1, -0.05) is 32.0 Å². The quantitative estimate of drug-likeness (QED) is 0.850. The molecule has 1 aromatic heterocycles. The third-order valence-corrected chi connectivity index (χ3v) is 3.47. The molecule has 0 bridgehead atoms. The van der Waals surface area contributed by atoms with Gasteiger partial charge in [0.2, 0.25) is 0 Å². The van der Waals surface area contributed by atoms with Crippen molar-refractivity contribution in [1.29, 1.82) is 0 Å². The van der Waals surface area contributed by atoms with Gasteiger partial charge in [-0.05, 0) is 18.1 Å². The Labute approximate surface area is 126 Å². The van der Waals surface area contributed by atoms with E-state index in [1.54, 1.807) is 7.11 Å². The molecule has 0 unspecified atom stereocenters. The van der Waals surface area contributed by atoms with Gasteiger partial charge in [-0.15, -0.1) is 0 Å². The van der Waals surface area contributed by atoms with Crippen LogP contribution in [0.25, 0.3) is 10.9 Å². The smallest absolute Gasteiger partial charge is 0.128 e. The normalized spacial score (nSPS) is 11.7. The van der Waals surface area contributed by atoms with Crippen LogP contribution in [-0.2, 0) is 11.3 Å². The van der Waals surface area contributed by atoms with Gasteiger partial charge in [0.25, 0.3) is 0 Å². The third-order valence-electron chi connectivity index (χ3n) is 3.47. The number of hydrogen-bond acceptors (Lipinski definition) is 4. The molecule has 4 heteroatoms. The van der Waals surface area contributed by atoms with Gasteiger partial charge in [-0.3, -0.25) is 4.90 Å². The Bertz CT molecular complexity index is 583. The highest BCUT2D eigenvalue weighted by atomic mass is 16.5. The summed E-state index contributed by atoms with van der Waals surface area (Å²) < 4.78 is 5.20. The summed E-state index contributed by atoms with van der Waals surface area (Å²) in [5.41, 5.74) is 8.16. The van der Waals surface area contributed by atoms with Crippen LogP contribution in [0.15, 0.2) is 30.3 Å². The van der Waals surface area contributed by atoms with E-state index in [0.717, 1.165) is 42.7 Å². The number of nitrogens with zero attached hydrogens (tertiary/aromatic N) is 2. The largest absolute Gasteiger partial charge is 0.383 e. The van der Waals surface area contributed by atoms with Crippen LogP contribution in [0.5, 0.6) is 0 Å². The zero-order valence-corrected chi connectivity index (χ0v) is 13.2. The Balaban J connectivity index is 2.20. The monoisotopic (exact) mass is 287 g/mol. The van der Waals surface area contributed by atoms with Crippen LogP contribution in [0.4, 0.5) is 5.82 Å². The minimum Gasteiger partial charge on any atom is -0.383 e. The number of methoxy groups -OCH3 is 1. The Hall–Kier alpha value is -1.65. The first kappa shape index (κ1) is 15.7. The summed E-state index contributed by atoms with van der Waals surface area (Å²) in [6, 6.07) is 10.2. The molecule has 1 aromatic carbocycles. The lowest BCUT2D eigenvalue weighted by Crippen LogP contribution is -2.31. The molecule has 2 aromatic rings. The summed E-state index contributed by atoms with van der Waals surface area (Å²) in [4.78, 5) is 6.88. The van der Waals surface area contributed by atoms with Gasteiger partial charge in [0.05, 0.1) is 12.1 Å². The second-order valence-electron chi connectivity index (χ2n) is 5.85. The van der Waals surface area contributed by atoms with Gasteiger partial charge in [0, 0.05) is 37.7 Å². The van der Waals surface area contributed by atoms with E-state index >= 15 is 0 Å². The fourth-order valence-electron chi connectivity index (χ4n) is 2.51. The van der Waals surface area contributed by atoms with E-state index in [-0.39, 0.29) is 0 Å². The van der Waals surface area contributed by atoms with Crippen LogP contribution in [0.3, 0.4) is 0 Å². The number of fused-ring (bicyclic) bond motifs is 1. The maximum Gasteiger partial charge on any atom is 0.128 e. The van der Waals surface area contributed by atoms with Crippen molar-refractivity contribution >= 4 is 16.7 Å². The van der Waals surface area contributed by atoms with Gasteiger partial charge in [0.15, 0.2) is 0 Å². The van der Waals surface area contributed by atoms with Crippen molar-refractivity contribution in [3.63, 3.8) is 0 Å². The molecule has 2 N–H and O–H groups in total. The van der Waals surface area contributed by atoms with Crippen LogP contribution in [0.2, 0.25) is 0 Å². The van der Waals surface area contributed by atoms with Crippen molar-refractivity contribution < 1.29 is 4.74 Å². The molecule has 0 aliphatic carbocycles. The number of ether oxygens (including phenoxy) is 1. The van der Waals surface area contributed by atoms with Gasteiger partial charge >= 0.3 is 0 Å². The Morgan fingerprint density at radius 1 is 1.29 bits per heavy atom. The van der Waals surface area contributed by atoms with Crippen molar-refractivity contribution in [2.45, 2.75) is 20.4 Å². The summed E-state index contributed by atoms with van der Waals surface area (Å²) in [5.74, 6) is 1.23. The summed E-state index contributed by atoms with van der Waals surface area (Å²) >= 11 is 0. The van der Waals surface area contributed by atoms with Crippen molar-refractivity contribution in [3.05, 3.63) is 35.9 Å². The molecule has 0 atom stereocenters. The molecule has 114 valence electrons. The topological polar surface area (TPSA) is 51.4 Å². The van der Waals surface area contributed by atoms with E-state index < -0.39 is 0 Å². The first-order chi connectivity index (χ1) is 10.1. The zero-order valence-electron chi connectivity index (χ0n) is 13.2. The standard InChI is InChI=1S/C17H25N3O/c1-13(2)11-20(8-9-21-3)12-15-10-14-6-4-5-7-16(14)19-17(15)18/h4-7,10,13H,8-9,11-12H2,1-3H3,(H2,18,19). The lowest BCUT2D eigenvalue weighted by molar-refractivity contribution is 0.136. The van der Waals surface area contributed by atoms with Crippen molar-refractivity contribution in [3.8, 4) is 0 Å². The summed E-state index contributed by atoms with van der Waals surface area (Å²) in [7, 11) is 1.74. The molecule has 4 nitrogen and oxygen atoms in total. The van der Waals surface area contributed by atoms with Crippen LogP contribution < -0.4 is 5.73 Å². The summed E-state index contributed by atoms with van der Waals surface area (Å²) in [5, 5.41) is 1.14. The number of para-hydroxylation sites is 1. The maximum absolute atomic E-state index is 6.13. The van der Waals surface area contributed by atoms with Gasteiger partial charge in [-0.2, -0.15) is 0 Å². The molecule has 2 rings (SSSR count). The number of nitrogens with two attached hydrogens (primary N) is 1. The summed E-state index contributed by atoms with van der Waals surface area (Å²) in [6.45, 7) is 7.92. The Kier molecular flexibility index (Phi) is 5.53. The molecular formula is C17H25N3O. The highest BCUT2D eigenvalue weighted by Gasteiger charge is 2.11. The fourth-order valence-corrected chi connectivity index (χ4v) is 2.51. The second kappa shape index (κ2) is 7.38. The fraction of sp³-hybridized carbons (Fsp3) is 0.471. The second-order valence-corrected chi connectivity index (χ2v) is 5.85. The number of benzene rings is 1. The lowest BCUT2D eigenvalue weighted by atomic mass is 10.1. The first-order valence-electron chi connectivity index (χ1n) is 7.45. The highest BCUT2D eigenvalue weighted by molar-refractivity contribution is 5.81. The van der Waals surface area contributed by atoms with E-state index in [1.165, 1.54) is 0 Å². The number of nitrogen functional groups attached to an aromatic ring is 1. The SMILES string of the molecule is COCCN(Cc1cc2ccccc2nc1N)CC(C)C. The van der Waals surface area contributed by atoms with Gasteiger partial charge in [0.1, 0.15) is 5.82 Å². The van der Waals surface area contributed by atoms with Gasteiger partial charge in [-0.25, -0.2) is 4.98 Å². The van der Waals surface area contributed by atoms with Crippen LogP contribution in [0.1, 0.15) is 19.4 Å². The molecular weight excluding hydrogens is 262 g/mol. The minimum atomic E-state index is 0.608. The maximum atomic E-state index is 6.13. The highest BCUT2D eigenvalue weighted by Crippen LogP contribution is 2.20. The van der Waals surface area contributed by atoms with Crippen molar-refractivity contribution in [2.75, 3.05) is 32.5 Å². The molecule has 1 heterocycles. The molecule has 0 radical (unpaired) electrons. The predicted octanol–water partition coefficient (Wildman–Crippen LogP) is 2.92. The van der Waals surface area contributed by atoms with Crippen LogP contribution in [-0.4, -0.2) is 36.7 Å². The average Bonchev–Trinajstić information content (AvgIpc) is 2.45. The van der Waals surface area contributed by atoms with Gasteiger partial charge < -0.3 is 10.5 Å². The van der Waals surface area contributed by atoms with E-state index in [0.29, 0.717) is 11.7 Å². The number of hydrogen-bond donors (Lipinski definition) is 1. The average molecular weight is 287 g/mol. The van der Waals surface area contributed by atoms with Crippen LogP contribution >= 0.6 is 0 Å². The number of pyridine rings is 1. The number of anilines is 1. The van der Waals surface area contributed by atoms with Crippen molar-refractivity contribution in [2.24, 2.45) is 5.92 Å². The van der Waals surface area contributed by atoms with E-state index in [4.69, 9.17) is 10.5 Å². The molecule has 0 saturated heterocycles. The zero-order chi connectivity index (χ0) is 15.2. The Morgan fingerprint density at radius 3 is 2.76 bits per heavy atom. The summed E-state index contributed by atoms with van der Waals surface area (Å²) in [6.07, 6.45) is 0. The lowest BCUT2D eigenvalue weighted by Gasteiger charge is -2.24. The van der Waals surface area contributed by atoms with E-state index in [2.05, 4.69) is 35.9 Å². The third kappa shape index (κ3) is 4.41. The number of rotatable bonds is 7. The van der Waals surface area contributed by atoms with Crippen LogP contribution in [0, 0.1) is 5.92 Å². The molecule has 21 heavy (non-hydrogen) atoms. The van der Waals surface area contributed by atoms with E-state index in [9.17, 15) is 0 Å². The van der Waals surface area contributed by atoms with E-state index in [1.807, 2.05) is 18.2 Å². The minimum absolute atomic E-state index is 0.608. The number of aromatic nitrogens is 1.